The summed E-state index contributed by atoms with van der Waals surface area (Å²) in [4.78, 5) is 23.0. The number of alkyl halides is 3. The molecule has 1 unspecified atom stereocenters. The lowest BCUT2D eigenvalue weighted by molar-refractivity contribution is -0.141. The number of halogens is 3. The van der Waals surface area contributed by atoms with Crippen LogP contribution in [0.15, 0.2) is 12.4 Å². The fourth-order valence-electron chi connectivity index (χ4n) is 2.82. The Bertz CT molecular complexity index is 567. The van der Waals surface area contributed by atoms with Gasteiger partial charge in [0.25, 0.3) is 0 Å². The number of carbonyl (C=O) groups is 1. The smallest absolute Gasteiger partial charge is 0.381 e. The highest BCUT2D eigenvalue weighted by atomic mass is 19.4. The van der Waals surface area contributed by atoms with Crippen LogP contribution >= 0.6 is 0 Å². The molecule has 1 aromatic rings. The molecular weight excluding hydrogens is 313 g/mol. The van der Waals surface area contributed by atoms with E-state index in [1.54, 1.807) is 9.80 Å². The van der Waals surface area contributed by atoms with E-state index in [9.17, 15) is 18.0 Å². The molecule has 0 spiro atoms. The Morgan fingerprint density at radius 2 is 1.96 bits per heavy atom. The number of aromatic nitrogens is 2. The van der Waals surface area contributed by atoms with E-state index in [4.69, 9.17) is 4.74 Å². The van der Waals surface area contributed by atoms with Crippen LogP contribution in [0.4, 0.5) is 19.0 Å². The van der Waals surface area contributed by atoms with Gasteiger partial charge in [0.15, 0.2) is 0 Å². The SMILES string of the molecule is O=C(C1CCOC1)N1CCN(c2cc(C(F)(F)F)ncn2)CC1. The van der Waals surface area contributed by atoms with Crippen LogP contribution < -0.4 is 4.90 Å². The summed E-state index contributed by atoms with van der Waals surface area (Å²) in [6.45, 7) is 2.92. The number of hydrogen-bond donors (Lipinski definition) is 0. The molecule has 1 aromatic heterocycles. The van der Waals surface area contributed by atoms with Crippen molar-refractivity contribution in [3.05, 3.63) is 18.1 Å². The molecule has 1 atom stereocenters. The van der Waals surface area contributed by atoms with Gasteiger partial charge in [-0.1, -0.05) is 0 Å². The second-order valence-corrected chi connectivity index (χ2v) is 5.63. The summed E-state index contributed by atoms with van der Waals surface area (Å²) >= 11 is 0. The molecule has 2 aliphatic heterocycles. The maximum absolute atomic E-state index is 12.7. The van der Waals surface area contributed by atoms with Crippen LogP contribution in [-0.4, -0.2) is 60.2 Å². The fourth-order valence-corrected chi connectivity index (χ4v) is 2.82. The summed E-state index contributed by atoms with van der Waals surface area (Å²) in [6, 6.07) is 0.947. The molecule has 0 N–H and O–H groups in total. The molecule has 2 saturated heterocycles. The summed E-state index contributed by atoms with van der Waals surface area (Å²) in [5, 5.41) is 0. The minimum absolute atomic E-state index is 0.0702. The lowest BCUT2D eigenvalue weighted by Crippen LogP contribution is -2.50. The summed E-state index contributed by atoms with van der Waals surface area (Å²) < 4.78 is 43.3. The minimum atomic E-state index is -4.49. The van der Waals surface area contributed by atoms with Crippen molar-refractivity contribution in [1.29, 1.82) is 0 Å². The zero-order chi connectivity index (χ0) is 16.4. The molecule has 6 nitrogen and oxygen atoms in total. The predicted octanol–water partition coefficient (Wildman–Crippen LogP) is 1.18. The zero-order valence-corrected chi connectivity index (χ0v) is 12.4. The largest absolute Gasteiger partial charge is 0.433 e. The molecule has 0 aliphatic carbocycles. The number of carbonyl (C=O) groups excluding carboxylic acids is 1. The molecular formula is C14H17F3N4O2. The van der Waals surface area contributed by atoms with Crippen molar-refractivity contribution in [2.45, 2.75) is 12.6 Å². The first-order chi connectivity index (χ1) is 10.9. The van der Waals surface area contributed by atoms with Crippen LogP contribution in [0.1, 0.15) is 12.1 Å². The topological polar surface area (TPSA) is 58.6 Å². The average molecular weight is 330 g/mol. The maximum atomic E-state index is 12.7. The van der Waals surface area contributed by atoms with Crippen LogP contribution in [0.5, 0.6) is 0 Å². The molecule has 3 heterocycles. The second kappa shape index (κ2) is 6.31. The van der Waals surface area contributed by atoms with Gasteiger partial charge in [0, 0.05) is 38.9 Å². The third-order valence-corrected chi connectivity index (χ3v) is 4.14. The second-order valence-electron chi connectivity index (χ2n) is 5.63. The molecule has 0 saturated carbocycles. The van der Waals surface area contributed by atoms with Crippen molar-refractivity contribution in [2.24, 2.45) is 5.92 Å². The van der Waals surface area contributed by atoms with Crippen LogP contribution in [-0.2, 0) is 15.7 Å². The normalized spacial score (nSPS) is 22.5. The number of rotatable bonds is 2. The zero-order valence-electron chi connectivity index (χ0n) is 12.4. The van der Waals surface area contributed by atoms with Crippen molar-refractivity contribution in [3.63, 3.8) is 0 Å². The van der Waals surface area contributed by atoms with E-state index < -0.39 is 11.9 Å². The van der Waals surface area contributed by atoms with Gasteiger partial charge >= 0.3 is 6.18 Å². The Balaban J connectivity index is 1.61. The van der Waals surface area contributed by atoms with E-state index in [0.29, 0.717) is 39.4 Å². The van der Waals surface area contributed by atoms with Crippen molar-refractivity contribution in [2.75, 3.05) is 44.3 Å². The van der Waals surface area contributed by atoms with Crippen molar-refractivity contribution >= 4 is 11.7 Å². The number of nitrogens with zero attached hydrogens (tertiary/aromatic N) is 4. The first-order valence-corrected chi connectivity index (χ1v) is 7.46. The summed E-state index contributed by atoms with van der Waals surface area (Å²) in [7, 11) is 0. The average Bonchev–Trinajstić information content (AvgIpc) is 3.08. The van der Waals surface area contributed by atoms with Gasteiger partial charge in [-0.25, -0.2) is 9.97 Å². The Labute approximate surface area is 131 Å². The van der Waals surface area contributed by atoms with E-state index in [2.05, 4.69) is 9.97 Å². The monoisotopic (exact) mass is 330 g/mol. The third-order valence-electron chi connectivity index (χ3n) is 4.14. The van der Waals surface area contributed by atoms with Gasteiger partial charge in [-0.05, 0) is 6.42 Å². The predicted molar refractivity (Wildman–Crippen MR) is 74.8 cm³/mol. The molecule has 3 rings (SSSR count). The first-order valence-electron chi connectivity index (χ1n) is 7.46. The Kier molecular flexibility index (Phi) is 4.38. The van der Waals surface area contributed by atoms with Gasteiger partial charge < -0.3 is 14.5 Å². The van der Waals surface area contributed by atoms with E-state index in [1.807, 2.05) is 0 Å². The van der Waals surface area contributed by atoms with Gasteiger partial charge in [0.1, 0.15) is 17.8 Å². The molecule has 2 fully saturated rings. The minimum Gasteiger partial charge on any atom is -0.381 e. The van der Waals surface area contributed by atoms with Crippen LogP contribution in [0, 0.1) is 5.92 Å². The standard InChI is InChI=1S/C14H17F3N4O2/c15-14(16,17)11-7-12(19-9-18-11)20-2-4-21(5-3-20)13(22)10-1-6-23-8-10/h7,9-10H,1-6,8H2. The number of ether oxygens (including phenoxy) is 1. The highest BCUT2D eigenvalue weighted by Crippen LogP contribution is 2.29. The number of anilines is 1. The number of amides is 1. The Hall–Kier alpha value is -1.90. The van der Waals surface area contributed by atoms with Gasteiger partial charge in [-0.3, -0.25) is 4.79 Å². The number of hydrogen-bond acceptors (Lipinski definition) is 5. The van der Waals surface area contributed by atoms with Crippen LogP contribution in [0.3, 0.4) is 0 Å². The summed E-state index contributed by atoms with van der Waals surface area (Å²) in [5.74, 6) is 0.224. The van der Waals surface area contributed by atoms with E-state index in [-0.39, 0.29) is 17.6 Å². The van der Waals surface area contributed by atoms with E-state index in [0.717, 1.165) is 18.8 Å². The van der Waals surface area contributed by atoms with Gasteiger partial charge in [0.05, 0.1) is 12.5 Å². The molecule has 0 bridgehead atoms. The Morgan fingerprint density at radius 3 is 2.57 bits per heavy atom. The summed E-state index contributed by atoms with van der Waals surface area (Å²) in [6.07, 6.45) is -2.83. The van der Waals surface area contributed by atoms with E-state index >= 15 is 0 Å². The van der Waals surface area contributed by atoms with Crippen LogP contribution in [0.25, 0.3) is 0 Å². The molecule has 9 heteroatoms. The number of piperazine rings is 1. The quantitative estimate of drug-likeness (QED) is 0.815. The van der Waals surface area contributed by atoms with Crippen molar-refractivity contribution < 1.29 is 22.7 Å². The maximum Gasteiger partial charge on any atom is 0.433 e. The molecule has 1 amide bonds. The van der Waals surface area contributed by atoms with Gasteiger partial charge in [-0.15, -0.1) is 0 Å². The molecule has 126 valence electrons. The van der Waals surface area contributed by atoms with Crippen LogP contribution in [0.2, 0.25) is 0 Å². The molecule has 0 radical (unpaired) electrons. The lowest BCUT2D eigenvalue weighted by atomic mass is 10.1. The summed E-state index contributed by atoms with van der Waals surface area (Å²) in [5.41, 5.74) is -0.955. The van der Waals surface area contributed by atoms with E-state index in [1.165, 1.54) is 0 Å². The Morgan fingerprint density at radius 1 is 1.22 bits per heavy atom. The van der Waals surface area contributed by atoms with Crippen molar-refractivity contribution in [3.8, 4) is 0 Å². The molecule has 23 heavy (non-hydrogen) atoms. The highest BCUT2D eigenvalue weighted by Gasteiger charge is 2.34. The highest BCUT2D eigenvalue weighted by molar-refractivity contribution is 5.79. The van der Waals surface area contributed by atoms with Crippen molar-refractivity contribution in [1.82, 2.24) is 14.9 Å². The van der Waals surface area contributed by atoms with Gasteiger partial charge in [-0.2, -0.15) is 13.2 Å². The fraction of sp³-hybridized carbons (Fsp3) is 0.643. The lowest BCUT2D eigenvalue weighted by Gasteiger charge is -2.36. The first kappa shape index (κ1) is 16.0. The third kappa shape index (κ3) is 3.54. The van der Waals surface area contributed by atoms with Gasteiger partial charge in [0.2, 0.25) is 5.91 Å². The molecule has 0 aromatic carbocycles. The molecule has 2 aliphatic rings.